The molecule has 0 heterocycles. The number of benzene rings is 1. The van der Waals surface area contributed by atoms with Gasteiger partial charge in [-0.2, -0.15) is 0 Å². The third-order valence-corrected chi connectivity index (χ3v) is 4.40. The quantitative estimate of drug-likeness (QED) is 0.790. The highest BCUT2D eigenvalue weighted by molar-refractivity contribution is 5.98. The molecule has 114 valence electrons. The normalized spacial score (nSPS) is 16.5. The van der Waals surface area contributed by atoms with Crippen molar-refractivity contribution in [2.45, 2.75) is 32.6 Å². The molecule has 21 heavy (non-hydrogen) atoms. The molecule has 5 heteroatoms. The van der Waals surface area contributed by atoms with Gasteiger partial charge in [0.1, 0.15) is 0 Å². The second-order valence-corrected chi connectivity index (χ2v) is 5.75. The SMILES string of the molecule is CNC(=O)c1ccc(NC(=O)C2(CN)CCCC2)c(C)c1. The lowest BCUT2D eigenvalue weighted by Gasteiger charge is -2.26. The first-order valence-electron chi connectivity index (χ1n) is 7.37. The summed E-state index contributed by atoms with van der Waals surface area (Å²) in [5, 5.41) is 5.56. The number of nitrogens with one attached hydrogen (secondary N) is 2. The molecule has 0 saturated heterocycles. The second kappa shape index (κ2) is 6.26. The molecule has 1 fully saturated rings. The Balaban J connectivity index is 2.16. The summed E-state index contributed by atoms with van der Waals surface area (Å²) >= 11 is 0. The molecule has 2 amide bonds. The van der Waals surface area contributed by atoms with Gasteiger partial charge < -0.3 is 16.4 Å². The van der Waals surface area contributed by atoms with Gasteiger partial charge in [0, 0.05) is 24.8 Å². The Hall–Kier alpha value is -1.88. The lowest BCUT2D eigenvalue weighted by atomic mass is 9.85. The Morgan fingerprint density at radius 2 is 1.95 bits per heavy atom. The first-order valence-corrected chi connectivity index (χ1v) is 7.37. The van der Waals surface area contributed by atoms with Crippen molar-refractivity contribution < 1.29 is 9.59 Å². The van der Waals surface area contributed by atoms with E-state index in [9.17, 15) is 9.59 Å². The van der Waals surface area contributed by atoms with Gasteiger partial charge in [0.15, 0.2) is 0 Å². The molecule has 1 aromatic rings. The van der Waals surface area contributed by atoms with E-state index < -0.39 is 5.41 Å². The van der Waals surface area contributed by atoms with Gasteiger partial charge in [-0.05, 0) is 43.5 Å². The van der Waals surface area contributed by atoms with Gasteiger partial charge in [-0.1, -0.05) is 12.8 Å². The third-order valence-electron chi connectivity index (χ3n) is 4.40. The maximum absolute atomic E-state index is 12.5. The fraction of sp³-hybridized carbons (Fsp3) is 0.500. The Labute approximate surface area is 125 Å². The van der Waals surface area contributed by atoms with E-state index in [4.69, 9.17) is 5.73 Å². The van der Waals surface area contributed by atoms with E-state index in [-0.39, 0.29) is 11.8 Å². The number of anilines is 1. The average Bonchev–Trinajstić information content (AvgIpc) is 2.98. The summed E-state index contributed by atoms with van der Waals surface area (Å²) in [6, 6.07) is 5.26. The minimum atomic E-state index is -0.425. The molecule has 0 unspecified atom stereocenters. The Morgan fingerprint density at radius 1 is 1.29 bits per heavy atom. The molecular weight excluding hydrogens is 266 g/mol. The number of hydrogen-bond donors (Lipinski definition) is 3. The lowest BCUT2D eigenvalue weighted by molar-refractivity contribution is -0.124. The summed E-state index contributed by atoms with van der Waals surface area (Å²) in [7, 11) is 1.60. The van der Waals surface area contributed by atoms with Crippen molar-refractivity contribution in [2.24, 2.45) is 11.1 Å². The molecule has 1 aromatic carbocycles. The number of hydrogen-bond acceptors (Lipinski definition) is 3. The van der Waals surface area contributed by atoms with Crippen LogP contribution in [0.5, 0.6) is 0 Å². The molecule has 4 N–H and O–H groups in total. The molecule has 0 spiro atoms. The number of carbonyl (C=O) groups excluding carboxylic acids is 2. The van der Waals surface area contributed by atoms with Crippen LogP contribution in [0.15, 0.2) is 18.2 Å². The minimum absolute atomic E-state index is 0.00158. The molecule has 1 aliphatic carbocycles. The van der Waals surface area contributed by atoms with Crippen molar-refractivity contribution in [3.05, 3.63) is 29.3 Å². The van der Waals surface area contributed by atoms with Crippen molar-refractivity contribution in [2.75, 3.05) is 18.9 Å². The molecule has 1 aliphatic rings. The number of rotatable bonds is 4. The van der Waals surface area contributed by atoms with Crippen LogP contribution in [-0.4, -0.2) is 25.4 Å². The largest absolute Gasteiger partial charge is 0.355 e. The maximum atomic E-state index is 12.5. The Kier molecular flexibility index (Phi) is 4.63. The zero-order chi connectivity index (χ0) is 15.5. The highest BCUT2D eigenvalue weighted by atomic mass is 16.2. The molecule has 0 atom stereocenters. The van der Waals surface area contributed by atoms with Gasteiger partial charge in [0.2, 0.25) is 5.91 Å². The summed E-state index contributed by atoms with van der Waals surface area (Å²) < 4.78 is 0. The second-order valence-electron chi connectivity index (χ2n) is 5.75. The molecule has 0 aliphatic heterocycles. The van der Waals surface area contributed by atoms with E-state index in [0.29, 0.717) is 12.1 Å². The molecule has 0 aromatic heterocycles. The molecule has 0 bridgehead atoms. The van der Waals surface area contributed by atoms with E-state index in [0.717, 1.165) is 36.9 Å². The summed E-state index contributed by atoms with van der Waals surface area (Å²) in [5.41, 5.74) is 7.60. The third kappa shape index (κ3) is 3.08. The van der Waals surface area contributed by atoms with Crippen LogP contribution in [0, 0.1) is 12.3 Å². The van der Waals surface area contributed by atoms with E-state index in [2.05, 4.69) is 10.6 Å². The van der Waals surface area contributed by atoms with Crippen LogP contribution in [-0.2, 0) is 4.79 Å². The maximum Gasteiger partial charge on any atom is 0.251 e. The van der Waals surface area contributed by atoms with Crippen LogP contribution in [0.4, 0.5) is 5.69 Å². The fourth-order valence-corrected chi connectivity index (χ4v) is 2.92. The summed E-state index contributed by atoms with van der Waals surface area (Å²) in [4.78, 5) is 24.1. The number of aryl methyl sites for hydroxylation is 1. The van der Waals surface area contributed by atoms with Crippen LogP contribution in [0.2, 0.25) is 0 Å². The number of amides is 2. The van der Waals surface area contributed by atoms with Gasteiger partial charge in [-0.25, -0.2) is 0 Å². The van der Waals surface area contributed by atoms with Crippen LogP contribution in [0.3, 0.4) is 0 Å². The van der Waals surface area contributed by atoms with Crippen molar-refractivity contribution in [3.63, 3.8) is 0 Å². The van der Waals surface area contributed by atoms with E-state index >= 15 is 0 Å². The van der Waals surface area contributed by atoms with Gasteiger partial charge in [0.25, 0.3) is 5.91 Å². The van der Waals surface area contributed by atoms with Gasteiger partial charge >= 0.3 is 0 Å². The highest BCUT2D eigenvalue weighted by Gasteiger charge is 2.39. The van der Waals surface area contributed by atoms with E-state index in [1.807, 2.05) is 6.92 Å². The van der Waals surface area contributed by atoms with Crippen LogP contribution in [0.25, 0.3) is 0 Å². The standard InChI is InChI=1S/C16H23N3O2/c1-11-9-12(14(20)18-2)5-6-13(11)19-15(21)16(10-17)7-3-4-8-16/h5-6,9H,3-4,7-8,10,17H2,1-2H3,(H,18,20)(H,19,21). The topological polar surface area (TPSA) is 84.2 Å². The van der Waals surface area contributed by atoms with Crippen molar-refractivity contribution >= 4 is 17.5 Å². The number of carbonyl (C=O) groups is 2. The Morgan fingerprint density at radius 3 is 2.48 bits per heavy atom. The highest BCUT2D eigenvalue weighted by Crippen LogP contribution is 2.38. The first kappa shape index (κ1) is 15.5. The van der Waals surface area contributed by atoms with Crippen molar-refractivity contribution in [3.8, 4) is 0 Å². The van der Waals surface area contributed by atoms with E-state index in [1.165, 1.54) is 0 Å². The minimum Gasteiger partial charge on any atom is -0.355 e. The summed E-state index contributed by atoms with van der Waals surface area (Å²) in [6.45, 7) is 2.26. The van der Waals surface area contributed by atoms with E-state index in [1.54, 1.807) is 25.2 Å². The number of nitrogens with two attached hydrogens (primary N) is 1. The first-order chi connectivity index (χ1) is 10.0. The molecule has 1 saturated carbocycles. The Bertz CT molecular complexity index is 548. The van der Waals surface area contributed by atoms with Crippen molar-refractivity contribution in [1.82, 2.24) is 5.32 Å². The van der Waals surface area contributed by atoms with Crippen LogP contribution >= 0.6 is 0 Å². The predicted octanol–water partition coefficient (Wildman–Crippen LogP) is 1.81. The molecule has 0 radical (unpaired) electrons. The van der Waals surface area contributed by atoms with Crippen LogP contribution < -0.4 is 16.4 Å². The predicted molar refractivity (Wildman–Crippen MR) is 83.2 cm³/mol. The smallest absolute Gasteiger partial charge is 0.251 e. The summed E-state index contributed by atoms with van der Waals surface area (Å²) in [5.74, 6) is -0.136. The van der Waals surface area contributed by atoms with Gasteiger partial charge in [0.05, 0.1) is 5.41 Å². The monoisotopic (exact) mass is 289 g/mol. The average molecular weight is 289 g/mol. The summed E-state index contributed by atoms with van der Waals surface area (Å²) in [6.07, 6.45) is 3.81. The van der Waals surface area contributed by atoms with Gasteiger partial charge in [-0.3, -0.25) is 9.59 Å². The van der Waals surface area contributed by atoms with Crippen molar-refractivity contribution in [1.29, 1.82) is 0 Å². The molecular formula is C16H23N3O2. The molecule has 5 nitrogen and oxygen atoms in total. The van der Waals surface area contributed by atoms with Gasteiger partial charge in [-0.15, -0.1) is 0 Å². The lowest BCUT2D eigenvalue weighted by Crippen LogP contribution is -2.40. The zero-order valence-electron chi connectivity index (χ0n) is 12.7. The zero-order valence-corrected chi connectivity index (χ0v) is 12.7. The molecule has 2 rings (SSSR count). The van der Waals surface area contributed by atoms with Crippen LogP contribution in [0.1, 0.15) is 41.6 Å². The fourth-order valence-electron chi connectivity index (χ4n) is 2.92.